The molecule has 0 amide bonds. The van der Waals surface area contributed by atoms with Gasteiger partial charge in [0.1, 0.15) is 28.9 Å². The minimum Gasteiger partial charge on any atom is -0.367 e. The van der Waals surface area contributed by atoms with Crippen molar-refractivity contribution in [1.82, 2.24) is 29.7 Å². The van der Waals surface area contributed by atoms with Gasteiger partial charge in [0.2, 0.25) is 5.95 Å². The van der Waals surface area contributed by atoms with Crippen LogP contribution in [0.1, 0.15) is 54.4 Å². The quantitative estimate of drug-likeness (QED) is 0.313. The van der Waals surface area contributed by atoms with Crippen LogP contribution in [0.5, 0.6) is 0 Å². The lowest BCUT2D eigenvalue weighted by molar-refractivity contribution is -0.140. The summed E-state index contributed by atoms with van der Waals surface area (Å²) >= 11 is 0. The maximum Gasteiger partial charge on any atom is 0.419 e. The van der Waals surface area contributed by atoms with E-state index in [4.69, 9.17) is 4.74 Å². The molecule has 0 unspecified atom stereocenters. The molecule has 2 atom stereocenters. The van der Waals surface area contributed by atoms with E-state index in [1.54, 1.807) is 20.0 Å². The minimum atomic E-state index is -5.05. The smallest absolute Gasteiger partial charge is 0.367 e. The maximum absolute atomic E-state index is 15.1. The Hall–Kier alpha value is -3.74. The van der Waals surface area contributed by atoms with Gasteiger partial charge in [-0.15, -0.1) is 0 Å². The summed E-state index contributed by atoms with van der Waals surface area (Å²) < 4.78 is 77.4. The molecule has 0 spiro atoms. The molecule has 6 rings (SSSR count). The molecule has 3 aromatic heterocycles. The number of aryl methyl sites for hydroxylation is 2. The van der Waals surface area contributed by atoms with E-state index in [0.717, 1.165) is 18.4 Å². The van der Waals surface area contributed by atoms with Gasteiger partial charge in [0.25, 0.3) is 0 Å². The first kappa shape index (κ1) is 25.5. The first-order valence-electron chi connectivity index (χ1n) is 12.5. The van der Waals surface area contributed by atoms with Crippen LogP contribution < -0.4 is 4.90 Å². The molecule has 1 aliphatic heterocycles. The first-order valence-corrected chi connectivity index (χ1v) is 12.5. The van der Waals surface area contributed by atoms with Crippen molar-refractivity contribution >= 4 is 17.1 Å². The number of hydrogen-bond acceptors (Lipinski definition) is 7. The zero-order chi connectivity index (χ0) is 27.6. The Morgan fingerprint density at radius 3 is 2.41 bits per heavy atom. The molecule has 1 saturated carbocycles. The van der Waals surface area contributed by atoms with E-state index in [-0.39, 0.29) is 41.1 Å². The van der Waals surface area contributed by atoms with Gasteiger partial charge in [-0.05, 0) is 45.7 Å². The lowest BCUT2D eigenvalue weighted by Gasteiger charge is -2.36. The van der Waals surface area contributed by atoms with E-state index in [1.807, 2.05) is 22.7 Å². The summed E-state index contributed by atoms with van der Waals surface area (Å²) in [4.78, 5) is 19.8. The Bertz CT molecular complexity index is 1580. The summed E-state index contributed by atoms with van der Waals surface area (Å²) in [7, 11) is 0. The fourth-order valence-corrected chi connectivity index (χ4v) is 4.73. The van der Waals surface area contributed by atoms with E-state index in [2.05, 4.69) is 25.0 Å². The van der Waals surface area contributed by atoms with Crippen LogP contribution in [-0.2, 0) is 10.9 Å². The van der Waals surface area contributed by atoms with E-state index >= 15 is 4.39 Å². The van der Waals surface area contributed by atoms with Crippen LogP contribution in [0.25, 0.3) is 22.4 Å². The molecule has 0 N–H and O–H groups in total. The zero-order valence-corrected chi connectivity index (χ0v) is 21.3. The second-order valence-electron chi connectivity index (χ2n) is 10.1. The van der Waals surface area contributed by atoms with Crippen LogP contribution in [0.4, 0.5) is 27.9 Å². The average Bonchev–Trinajstić information content (AvgIpc) is 3.60. The van der Waals surface area contributed by atoms with Crippen molar-refractivity contribution in [2.45, 2.75) is 58.0 Å². The monoisotopic (exact) mass is 545 g/mol. The van der Waals surface area contributed by atoms with Crippen molar-refractivity contribution < 1.29 is 26.7 Å². The van der Waals surface area contributed by atoms with Crippen molar-refractivity contribution in [1.29, 1.82) is 0 Å². The number of benzene rings is 1. The molecule has 0 bridgehead atoms. The Kier molecular flexibility index (Phi) is 6.01. The average molecular weight is 546 g/mol. The highest BCUT2D eigenvalue weighted by atomic mass is 19.4. The van der Waals surface area contributed by atoms with Gasteiger partial charge in [0, 0.05) is 23.9 Å². The molecule has 39 heavy (non-hydrogen) atoms. The molecule has 2 aliphatic rings. The van der Waals surface area contributed by atoms with E-state index in [9.17, 15) is 17.6 Å². The molecule has 0 radical (unpaired) electrons. The highest BCUT2D eigenvalue weighted by Gasteiger charge is 2.36. The highest BCUT2D eigenvalue weighted by molar-refractivity contribution is 5.88. The third-order valence-corrected chi connectivity index (χ3v) is 7.01. The summed E-state index contributed by atoms with van der Waals surface area (Å²) in [6.45, 7) is 6.03. The van der Waals surface area contributed by atoms with Gasteiger partial charge in [0.15, 0.2) is 5.65 Å². The zero-order valence-electron chi connectivity index (χ0n) is 21.3. The summed E-state index contributed by atoms with van der Waals surface area (Å²) in [5, 5.41) is 4.44. The molecule has 1 saturated heterocycles. The number of hydrogen-bond donors (Lipinski definition) is 0. The molecule has 13 heteroatoms. The topological polar surface area (TPSA) is 81.9 Å². The second-order valence-corrected chi connectivity index (χ2v) is 10.1. The predicted octanol–water partition coefficient (Wildman–Crippen LogP) is 5.50. The maximum atomic E-state index is 15.1. The number of halogens is 5. The minimum absolute atomic E-state index is 0.0588. The third kappa shape index (κ3) is 4.79. The van der Waals surface area contributed by atoms with Gasteiger partial charge in [-0.25, -0.2) is 23.7 Å². The van der Waals surface area contributed by atoms with Gasteiger partial charge in [0.05, 0.1) is 41.8 Å². The van der Waals surface area contributed by atoms with Crippen LogP contribution in [0.15, 0.2) is 24.5 Å². The molecule has 4 aromatic rings. The van der Waals surface area contributed by atoms with E-state index < -0.39 is 28.9 Å². The number of fused-ring (bicyclic) bond motifs is 1. The van der Waals surface area contributed by atoms with Crippen LogP contribution >= 0.6 is 0 Å². The Labute approximate surface area is 219 Å². The van der Waals surface area contributed by atoms with Crippen LogP contribution in [0, 0.1) is 25.5 Å². The lowest BCUT2D eigenvalue weighted by Crippen LogP contribution is -2.43. The summed E-state index contributed by atoms with van der Waals surface area (Å²) in [6, 6.07) is 1.04. The van der Waals surface area contributed by atoms with Crippen LogP contribution in [0.2, 0.25) is 0 Å². The van der Waals surface area contributed by atoms with E-state index in [0.29, 0.717) is 36.6 Å². The van der Waals surface area contributed by atoms with Crippen LogP contribution in [-0.4, -0.2) is 48.9 Å². The third-order valence-electron chi connectivity index (χ3n) is 7.01. The molecule has 2 fully saturated rings. The van der Waals surface area contributed by atoms with E-state index in [1.165, 1.54) is 0 Å². The summed E-state index contributed by atoms with van der Waals surface area (Å²) in [5.41, 5.74) is -0.168. The van der Waals surface area contributed by atoms with Crippen molar-refractivity contribution in [2.24, 2.45) is 0 Å². The first-order chi connectivity index (χ1) is 18.5. The fraction of sp³-hybridized carbons (Fsp3) is 0.423. The SMILES string of the molecule is Cc1nc2nc(N3C[C@H](C)O[C@@H](c4cnn(C5CC5)c4)C3)nc(-c3cc(F)c(C(F)(F)F)cc3F)c2nc1C. The van der Waals surface area contributed by atoms with Crippen LogP contribution in [0.3, 0.4) is 0 Å². The normalized spacial score (nSPS) is 20.2. The number of nitrogens with zero attached hydrogens (tertiary/aromatic N) is 7. The highest BCUT2D eigenvalue weighted by Crippen LogP contribution is 2.38. The molecular weight excluding hydrogens is 521 g/mol. The van der Waals surface area contributed by atoms with Crippen molar-refractivity contribution in [3.05, 3.63) is 58.7 Å². The molecule has 1 aliphatic carbocycles. The van der Waals surface area contributed by atoms with Gasteiger partial charge >= 0.3 is 6.18 Å². The lowest BCUT2D eigenvalue weighted by atomic mass is 10.1. The second kappa shape index (κ2) is 9.18. The molecule has 4 heterocycles. The van der Waals surface area contributed by atoms with Gasteiger partial charge < -0.3 is 9.64 Å². The number of alkyl halides is 3. The number of aromatic nitrogens is 6. The Morgan fingerprint density at radius 1 is 0.949 bits per heavy atom. The number of ether oxygens (including phenoxy) is 1. The Morgan fingerprint density at radius 2 is 1.69 bits per heavy atom. The van der Waals surface area contributed by atoms with Gasteiger partial charge in [-0.3, -0.25) is 4.68 Å². The van der Waals surface area contributed by atoms with Crippen molar-refractivity contribution in [2.75, 3.05) is 18.0 Å². The van der Waals surface area contributed by atoms with Gasteiger partial charge in [-0.1, -0.05) is 0 Å². The predicted molar refractivity (Wildman–Crippen MR) is 131 cm³/mol. The molecule has 1 aromatic carbocycles. The molecule has 204 valence electrons. The van der Waals surface area contributed by atoms with Crippen molar-refractivity contribution in [3.63, 3.8) is 0 Å². The molecular formula is C26H24F5N7O. The number of rotatable bonds is 4. The Balaban J connectivity index is 1.45. The summed E-state index contributed by atoms with van der Waals surface area (Å²) in [6.07, 6.45) is 0.264. The van der Waals surface area contributed by atoms with Gasteiger partial charge in [-0.2, -0.15) is 23.3 Å². The standard InChI is InChI=1S/C26H24F5N7O/c1-12-9-37(11-21(39-12)15-8-32-38(10-15)16-4-5-16)25-35-22(23-24(36-25)34-14(3)13(2)33-23)17-6-20(28)18(7-19(17)27)26(29,30)31/h6-8,10,12,16,21H,4-5,9,11H2,1-3H3/t12-,21+/m0/s1. The largest absolute Gasteiger partial charge is 0.419 e. The molecule has 8 nitrogen and oxygen atoms in total. The number of morpholine rings is 1. The van der Waals surface area contributed by atoms with Crippen molar-refractivity contribution in [3.8, 4) is 11.3 Å². The fourth-order valence-electron chi connectivity index (χ4n) is 4.73. The summed E-state index contributed by atoms with van der Waals surface area (Å²) in [5.74, 6) is -2.74. The number of anilines is 1.